The summed E-state index contributed by atoms with van der Waals surface area (Å²) in [6.07, 6.45) is 0. The van der Waals surface area contributed by atoms with Gasteiger partial charge in [-0.1, -0.05) is 11.3 Å². The smallest absolute Gasteiger partial charge is 0.264 e. The SMILES string of the molecule is CCOc1ccc(S(=O)(=O)N(C)c2ccc(OCC(=O)Nc3nc4ccc(OC)cc4s3)cc2)cc1. The standard InChI is InChI=1S/C25H25N3O6S2/c1-4-33-18-9-12-21(13-10-18)36(30,31)28(2)17-5-7-19(8-6-17)34-16-24(29)27-25-26-22-14-11-20(32-3)15-23(22)35-25/h5-15H,4,16H2,1-3H3,(H,26,27,29). The molecule has 1 aromatic heterocycles. The Morgan fingerprint density at radius 1 is 0.972 bits per heavy atom. The molecule has 0 fully saturated rings. The van der Waals surface area contributed by atoms with Crippen molar-refractivity contribution in [1.29, 1.82) is 0 Å². The minimum absolute atomic E-state index is 0.152. The molecule has 3 aromatic carbocycles. The predicted octanol–water partition coefficient (Wildman–Crippen LogP) is 4.55. The molecule has 0 aliphatic rings. The maximum Gasteiger partial charge on any atom is 0.264 e. The van der Waals surface area contributed by atoms with Gasteiger partial charge >= 0.3 is 0 Å². The number of amides is 1. The van der Waals surface area contributed by atoms with E-state index in [0.29, 0.717) is 34.7 Å². The molecule has 188 valence electrons. The summed E-state index contributed by atoms with van der Waals surface area (Å²) in [5.41, 5.74) is 1.21. The molecule has 1 amide bonds. The van der Waals surface area contributed by atoms with Crippen LogP contribution in [-0.4, -0.2) is 46.7 Å². The number of carbonyl (C=O) groups is 1. The van der Waals surface area contributed by atoms with Crippen molar-refractivity contribution >= 4 is 48.3 Å². The number of carbonyl (C=O) groups excluding carboxylic acids is 1. The zero-order valence-corrected chi connectivity index (χ0v) is 21.6. The van der Waals surface area contributed by atoms with Gasteiger partial charge in [-0.3, -0.25) is 14.4 Å². The minimum atomic E-state index is -3.75. The topological polar surface area (TPSA) is 107 Å². The monoisotopic (exact) mass is 527 g/mol. The van der Waals surface area contributed by atoms with Crippen molar-refractivity contribution in [1.82, 2.24) is 4.98 Å². The van der Waals surface area contributed by atoms with Crippen molar-refractivity contribution < 1.29 is 27.4 Å². The Bertz CT molecular complexity index is 1450. The lowest BCUT2D eigenvalue weighted by Crippen LogP contribution is -2.26. The van der Waals surface area contributed by atoms with Crippen LogP contribution in [0, 0.1) is 0 Å². The number of nitrogens with one attached hydrogen (secondary N) is 1. The molecule has 36 heavy (non-hydrogen) atoms. The Hall–Kier alpha value is -3.83. The third kappa shape index (κ3) is 5.69. The summed E-state index contributed by atoms with van der Waals surface area (Å²) in [6, 6.07) is 18.2. The van der Waals surface area contributed by atoms with E-state index >= 15 is 0 Å². The minimum Gasteiger partial charge on any atom is -0.497 e. The number of thiazole rings is 1. The van der Waals surface area contributed by atoms with Crippen molar-refractivity contribution in [3.63, 3.8) is 0 Å². The molecular weight excluding hydrogens is 502 g/mol. The van der Waals surface area contributed by atoms with Crippen molar-refractivity contribution in [2.45, 2.75) is 11.8 Å². The normalized spacial score (nSPS) is 11.2. The predicted molar refractivity (Wildman–Crippen MR) is 140 cm³/mol. The first-order valence-electron chi connectivity index (χ1n) is 11.0. The first-order chi connectivity index (χ1) is 17.3. The molecule has 0 saturated heterocycles. The van der Waals surface area contributed by atoms with Crippen LogP contribution < -0.4 is 23.8 Å². The molecule has 0 bridgehead atoms. The Kier molecular flexibility index (Phi) is 7.61. The van der Waals surface area contributed by atoms with E-state index < -0.39 is 10.0 Å². The van der Waals surface area contributed by atoms with Crippen LogP contribution in [0.2, 0.25) is 0 Å². The fourth-order valence-corrected chi connectivity index (χ4v) is 5.42. The summed E-state index contributed by atoms with van der Waals surface area (Å²) in [5.74, 6) is 1.39. The van der Waals surface area contributed by atoms with Crippen LogP contribution in [0.4, 0.5) is 10.8 Å². The van der Waals surface area contributed by atoms with Crippen molar-refractivity contribution in [3.8, 4) is 17.2 Å². The molecule has 11 heteroatoms. The molecular formula is C25H25N3O6S2. The lowest BCUT2D eigenvalue weighted by Gasteiger charge is -2.20. The van der Waals surface area contributed by atoms with E-state index in [4.69, 9.17) is 14.2 Å². The lowest BCUT2D eigenvalue weighted by atomic mass is 10.3. The number of rotatable bonds is 10. The van der Waals surface area contributed by atoms with Gasteiger partial charge in [-0.2, -0.15) is 0 Å². The molecule has 0 aliphatic carbocycles. The zero-order valence-electron chi connectivity index (χ0n) is 19.9. The molecule has 4 rings (SSSR count). The highest BCUT2D eigenvalue weighted by Crippen LogP contribution is 2.29. The van der Waals surface area contributed by atoms with Gasteiger partial charge in [-0.15, -0.1) is 0 Å². The largest absolute Gasteiger partial charge is 0.497 e. The number of fused-ring (bicyclic) bond motifs is 1. The molecule has 0 aliphatic heterocycles. The van der Waals surface area contributed by atoms with E-state index in [9.17, 15) is 13.2 Å². The Morgan fingerprint density at radius 2 is 1.61 bits per heavy atom. The molecule has 0 saturated carbocycles. The van der Waals surface area contributed by atoms with E-state index in [1.54, 1.807) is 49.6 Å². The average molecular weight is 528 g/mol. The molecule has 0 spiro atoms. The molecule has 0 radical (unpaired) electrons. The van der Waals surface area contributed by atoms with Crippen LogP contribution in [0.5, 0.6) is 17.2 Å². The first-order valence-corrected chi connectivity index (χ1v) is 13.2. The Labute approximate surface area is 213 Å². The van der Waals surface area contributed by atoms with Crippen LogP contribution in [0.1, 0.15) is 6.92 Å². The molecule has 4 aromatic rings. The third-order valence-electron chi connectivity index (χ3n) is 5.21. The van der Waals surface area contributed by atoms with Crippen LogP contribution >= 0.6 is 11.3 Å². The van der Waals surface area contributed by atoms with Crippen molar-refractivity contribution in [3.05, 3.63) is 66.7 Å². The third-order valence-corrected chi connectivity index (χ3v) is 7.94. The van der Waals surface area contributed by atoms with Crippen LogP contribution in [0.3, 0.4) is 0 Å². The second kappa shape index (κ2) is 10.8. The number of hydrogen-bond donors (Lipinski definition) is 1. The number of aromatic nitrogens is 1. The fourth-order valence-electron chi connectivity index (χ4n) is 3.31. The molecule has 0 atom stereocenters. The second-order valence-electron chi connectivity index (χ2n) is 7.56. The van der Waals surface area contributed by atoms with E-state index in [0.717, 1.165) is 10.2 Å². The number of methoxy groups -OCH3 is 1. The Balaban J connectivity index is 1.35. The molecule has 1 heterocycles. The summed E-state index contributed by atoms with van der Waals surface area (Å²) in [6.45, 7) is 2.14. The van der Waals surface area contributed by atoms with Crippen molar-refractivity contribution in [2.24, 2.45) is 0 Å². The van der Waals surface area contributed by atoms with Crippen LogP contribution in [-0.2, 0) is 14.8 Å². The maximum absolute atomic E-state index is 13.0. The van der Waals surface area contributed by atoms with Gasteiger partial charge in [0, 0.05) is 7.05 Å². The van der Waals surface area contributed by atoms with E-state index in [1.807, 2.05) is 19.1 Å². The second-order valence-corrected chi connectivity index (χ2v) is 10.6. The van der Waals surface area contributed by atoms with Gasteiger partial charge in [-0.05, 0) is 73.7 Å². The number of anilines is 2. The number of ether oxygens (including phenoxy) is 3. The van der Waals surface area contributed by atoms with Gasteiger partial charge < -0.3 is 14.2 Å². The lowest BCUT2D eigenvalue weighted by molar-refractivity contribution is -0.118. The van der Waals surface area contributed by atoms with E-state index in [1.165, 1.54) is 34.8 Å². The zero-order chi connectivity index (χ0) is 25.7. The summed E-state index contributed by atoms with van der Waals surface area (Å²) in [4.78, 5) is 16.9. The number of benzene rings is 3. The molecule has 1 N–H and O–H groups in total. The van der Waals surface area contributed by atoms with Crippen LogP contribution in [0.25, 0.3) is 10.2 Å². The quantitative estimate of drug-likeness (QED) is 0.323. The number of nitrogens with zero attached hydrogens (tertiary/aromatic N) is 2. The first kappa shape index (κ1) is 25.3. The fraction of sp³-hybridized carbons (Fsp3) is 0.200. The van der Waals surface area contributed by atoms with Gasteiger partial charge in [0.25, 0.3) is 15.9 Å². The highest BCUT2D eigenvalue weighted by molar-refractivity contribution is 7.92. The van der Waals surface area contributed by atoms with Gasteiger partial charge in [0.2, 0.25) is 0 Å². The van der Waals surface area contributed by atoms with Gasteiger partial charge in [0.05, 0.1) is 34.5 Å². The average Bonchev–Trinajstić information content (AvgIpc) is 3.29. The summed E-state index contributed by atoms with van der Waals surface area (Å²) in [7, 11) is -0.688. The summed E-state index contributed by atoms with van der Waals surface area (Å²) < 4.78 is 44.1. The van der Waals surface area contributed by atoms with Gasteiger partial charge in [0.15, 0.2) is 11.7 Å². The van der Waals surface area contributed by atoms with Crippen molar-refractivity contribution in [2.75, 3.05) is 37.0 Å². The number of hydrogen-bond acceptors (Lipinski definition) is 8. The van der Waals surface area contributed by atoms with E-state index in [2.05, 4.69) is 10.3 Å². The van der Waals surface area contributed by atoms with E-state index in [-0.39, 0.29) is 17.4 Å². The summed E-state index contributed by atoms with van der Waals surface area (Å²) in [5, 5.41) is 3.19. The molecule has 9 nitrogen and oxygen atoms in total. The van der Waals surface area contributed by atoms with Crippen LogP contribution in [0.15, 0.2) is 71.6 Å². The molecule has 0 unspecified atom stereocenters. The number of sulfonamides is 1. The van der Waals surface area contributed by atoms with Gasteiger partial charge in [0.1, 0.15) is 17.2 Å². The highest BCUT2D eigenvalue weighted by atomic mass is 32.2. The van der Waals surface area contributed by atoms with Gasteiger partial charge in [-0.25, -0.2) is 13.4 Å². The maximum atomic E-state index is 13.0. The highest BCUT2D eigenvalue weighted by Gasteiger charge is 2.21. The Morgan fingerprint density at radius 3 is 2.28 bits per heavy atom. The summed E-state index contributed by atoms with van der Waals surface area (Å²) >= 11 is 1.34.